The molecule has 0 radical (unpaired) electrons. The van der Waals surface area contributed by atoms with E-state index in [1.54, 1.807) is 25.4 Å². The second-order valence-electron chi connectivity index (χ2n) is 4.77. The lowest BCUT2D eigenvalue weighted by molar-refractivity contribution is 0.223. The summed E-state index contributed by atoms with van der Waals surface area (Å²) in [6.07, 6.45) is 1.61. The van der Waals surface area contributed by atoms with Crippen LogP contribution in [0.1, 0.15) is 12.6 Å². The molecule has 1 atom stereocenters. The van der Waals surface area contributed by atoms with Crippen molar-refractivity contribution in [2.75, 3.05) is 13.6 Å². The van der Waals surface area contributed by atoms with E-state index < -0.39 is 0 Å². The molecule has 2 rings (SSSR count). The van der Waals surface area contributed by atoms with Gasteiger partial charge in [0, 0.05) is 13.2 Å². The lowest BCUT2D eigenvalue weighted by Gasteiger charge is -2.17. The Kier molecular flexibility index (Phi) is 8.38. The summed E-state index contributed by atoms with van der Waals surface area (Å²) >= 11 is 0. The van der Waals surface area contributed by atoms with Crippen molar-refractivity contribution >= 4 is 29.9 Å². The van der Waals surface area contributed by atoms with Gasteiger partial charge in [-0.1, -0.05) is 0 Å². The van der Waals surface area contributed by atoms with Crippen LogP contribution in [0.2, 0.25) is 0 Å². The predicted molar refractivity (Wildman–Crippen MR) is 98.7 cm³/mol. The lowest BCUT2D eigenvalue weighted by Crippen LogP contribution is -2.41. The van der Waals surface area contributed by atoms with Crippen LogP contribution in [0.3, 0.4) is 0 Å². The van der Waals surface area contributed by atoms with Crippen LogP contribution in [-0.4, -0.2) is 35.9 Å². The smallest absolute Gasteiger partial charge is 0.191 e. The van der Waals surface area contributed by atoms with Crippen molar-refractivity contribution in [2.24, 2.45) is 4.99 Å². The Morgan fingerprint density at radius 1 is 1.30 bits per heavy atom. The number of hydrogen-bond acceptors (Lipinski definition) is 3. The van der Waals surface area contributed by atoms with Gasteiger partial charge < -0.3 is 15.4 Å². The second kappa shape index (κ2) is 10.0. The first kappa shape index (κ1) is 19.2. The number of guanidine groups is 1. The van der Waals surface area contributed by atoms with Crippen molar-refractivity contribution in [1.82, 2.24) is 20.8 Å². The average molecular weight is 433 g/mol. The maximum absolute atomic E-state index is 12.8. The van der Waals surface area contributed by atoms with E-state index in [1.807, 2.05) is 13.0 Å². The van der Waals surface area contributed by atoms with Gasteiger partial charge in [-0.05, 0) is 37.3 Å². The third kappa shape index (κ3) is 6.85. The maximum atomic E-state index is 12.8. The van der Waals surface area contributed by atoms with E-state index in [0.29, 0.717) is 24.8 Å². The molecule has 1 aromatic heterocycles. The van der Waals surface area contributed by atoms with Gasteiger partial charge in [-0.25, -0.2) is 4.39 Å². The summed E-state index contributed by atoms with van der Waals surface area (Å²) in [6, 6.07) is 7.86. The Labute approximate surface area is 151 Å². The molecule has 0 aliphatic carbocycles. The maximum Gasteiger partial charge on any atom is 0.191 e. The number of ether oxygens (including phenoxy) is 1. The van der Waals surface area contributed by atoms with E-state index in [0.717, 1.165) is 5.69 Å². The Balaban J connectivity index is 0.00000264. The van der Waals surface area contributed by atoms with E-state index >= 15 is 0 Å². The van der Waals surface area contributed by atoms with E-state index in [2.05, 4.69) is 25.8 Å². The molecular weight excluding hydrogens is 412 g/mol. The number of aliphatic imine (C=N–C) groups is 1. The third-order valence-electron chi connectivity index (χ3n) is 2.94. The lowest BCUT2D eigenvalue weighted by atomic mass is 10.3. The van der Waals surface area contributed by atoms with Crippen molar-refractivity contribution in [2.45, 2.75) is 19.6 Å². The molecule has 0 aliphatic heterocycles. The molecular formula is C15H21FIN5O. The molecule has 0 fully saturated rings. The summed E-state index contributed by atoms with van der Waals surface area (Å²) in [4.78, 5) is 4.13. The number of nitrogens with zero attached hydrogens (tertiary/aromatic N) is 2. The molecule has 1 aromatic carbocycles. The molecule has 6 nitrogen and oxygen atoms in total. The summed E-state index contributed by atoms with van der Waals surface area (Å²) in [7, 11) is 1.70. The number of aromatic amines is 1. The second-order valence-corrected chi connectivity index (χ2v) is 4.77. The van der Waals surface area contributed by atoms with Crippen LogP contribution < -0.4 is 15.4 Å². The van der Waals surface area contributed by atoms with Gasteiger partial charge in [-0.3, -0.25) is 10.1 Å². The van der Waals surface area contributed by atoms with Gasteiger partial charge in [0.25, 0.3) is 0 Å². The number of benzene rings is 1. The minimum atomic E-state index is -0.276. The molecule has 0 saturated heterocycles. The number of rotatable bonds is 6. The highest BCUT2D eigenvalue weighted by atomic mass is 127. The van der Waals surface area contributed by atoms with Gasteiger partial charge in [0.2, 0.25) is 0 Å². The molecule has 1 unspecified atom stereocenters. The SMILES string of the molecule is CN=C(NCc1ccn[nH]1)NCC(C)Oc1ccc(F)cc1.I. The van der Waals surface area contributed by atoms with Crippen molar-refractivity contribution in [3.63, 3.8) is 0 Å². The van der Waals surface area contributed by atoms with Crippen LogP contribution in [0.5, 0.6) is 5.75 Å². The Morgan fingerprint density at radius 2 is 2.04 bits per heavy atom. The molecule has 0 saturated carbocycles. The number of hydrogen-bond donors (Lipinski definition) is 3. The van der Waals surface area contributed by atoms with E-state index in [9.17, 15) is 4.39 Å². The van der Waals surface area contributed by atoms with Crippen LogP contribution in [0.4, 0.5) is 4.39 Å². The van der Waals surface area contributed by atoms with Crippen LogP contribution >= 0.6 is 24.0 Å². The van der Waals surface area contributed by atoms with Gasteiger partial charge in [0.15, 0.2) is 5.96 Å². The molecule has 23 heavy (non-hydrogen) atoms. The number of nitrogens with one attached hydrogen (secondary N) is 3. The number of halogens is 2. The largest absolute Gasteiger partial charge is 0.489 e. The third-order valence-corrected chi connectivity index (χ3v) is 2.94. The Hall–Kier alpha value is -1.84. The first-order valence-corrected chi connectivity index (χ1v) is 7.02. The van der Waals surface area contributed by atoms with Crippen molar-refractivity contribution in [3.05, 3.63) is 48.0 Å². The molecule has 0 bridgehead atoms. The molecule has 0 spiro atoms. The van der Waals surface area contributed by atoms with Crippen molar-refractivity contribution in [3.8, 4) is 5.75 Å². The Morgan fingerprint density at radius 3 is 2.65 bits per heavy atom. The zero-order valence-corrected chi connectivity index (χ0v) is 15.4. The van der Waals surface area contributed by atoms with Crippen LogP contribution in [0.25, 0.3) is 0 Å². The molecule has 126 valence electrons. The molecule has 0 amide bonds. The van der Waals surface area contributed by atoms with E-state index in [-0.39, 0.29) is 35.9 Å². The first-order valence-electron chi connectivity index (χ1n) is 7.02. The zero-order valence-electron chi connectivity index (χ0n) is 13.0. The quantitative estimate of drug-likeness (QED) is 0.372. The van der Waals surface area contributed by atoms with Gasteiger partial charge in [0.05, 0.1) is 18.8 Å². The molecule has 1 heterocycles. The Bertz CT molecular complexity index is 588. The normalized spacial score (nSPS) is 12.2. The van der Waals surface area contributed by atoms with Crippen LogP contribution in [0.15, 0.2) is 41.5 Å². The van der Waals surface area contributed by atoms with Crippen molar-refractivity contribution < 1.29 is 9.13 Å². The monoisotopic (exact) mass is 433 g/mol. The minimum absolute atomic E-state index is 0. The van der Waals surface area contributed by atoms with Crippen molar-refractivity contribution in [1.29, 1.82) is 0 Å². The molecule has 3 N–H and O–H groups in total. The fraction of sp³-hybridized carbons (Fsp3) is 0.333. The molecule has 0 aliphatic rings. The van der Waals surface area contributed by atoms with Crippen LogP contribution in [0, 0.1) is 5.82 Å². The number of aromatic nitrogens is 2. The minimum Gasteiger partial charge on any atom is -0.489 e. The fourth-order valence-corrected chi connectivity index (χ4v) is 1.81. The highest BCUT2D eigenvalue weighted by Gasteiger charge is 2.06. The highest BCUT2D eigenvalue weighted by Crippen LogP contribution is 2.12. The summed E-state index contributed by atoms with van der Waals surface area (Å²) < 4.78 is 18.5. The number of H-pyrrole nitrogens is 1. The van der Waals surface area contributed by atoms with Gasteiger partial charge in [0.1, 0.15) is 17.7 Å². The van der Waals surface area contributed by atoms with Gasteiger partial charge in [-0.2, -0.15) is 5.10 Å². The van der Waals surface area contributed by atoms with E-state index in [1.165, 1.54) is 12.1 Å². The highest BCUT2D eigenvalue weighted by molar-refractivity contribution is 14.0. The summed E-state index contributed by atoms with van der Waals surface area (Å²) in [5.74, 6) is 1.03. The summed E-state index contributed by atoms with van der Waals surface area (Å²) in [6.45, 7) is 3.10. The van der Waals surface area contributed by atoms with E-state index in [4.69, 9.17) is 4.74 Å². The predicted octanol–water partition coefficient (Wildman–Crippen LogP) is 2.30. The fourth-order valence-electron chi connectivity index (χ4n) is 1.81. The standard InChI is InChI=1S/C15H20FN5O.HI/c1-11(22-14-5-3-12(16)4-6-14)9-18-15(17-2)19-10-13-7-8-20-21-13;/h3-8,11H,9-10H2,1-2H3,(H,20,21)(H2,17,18,19);1H. The molecule has 2 aromatic rings. The van der Waals surface area contributed by atoms with Gasteiger partial charge in [-0.15, -0.1) is 24.0 Å². The first-order chi connectivity index (χ1) is 10.7. The zero-order chi connectivity index (χ0) is 15.8. The average Bonchev–Trinajstić information content (AvgIpc) is 3.03. The van der Waals surface area contributed by atoms with Crippen LogP contribution in [-0.2, 0) is 6.54 Å². The summed E-state index contributed by atoms with van der Waals surface area (Å²) in [5.41, 5.74) is 0.971. The van der Waals surface area contributed by atoms with Gasteiger partial charge >= 0.3 is 0 Å². The summed E-state index contributed by atoms with van der Waals surface area (Å²) in [5, 5.41) is 13.1. The topological polar surface area (TPSA) is 74.3 Å². The molecule has 8 heteroatoms.